The maximum Gasteiger partial charge on any atom is 0.193 e. The van der Waals surface area contributed by atoms with Crippen molar-refractivity contribution < 1.29 is 4.74 Å². The molecule has 124 valence electrons. The van der Waals surface area contributed by atoms with Crippen LogP contribution in [0, 0.1) is 5.92 Å². The topological polar surface area (TPSA) is 59.6 Å². The fourth-order valence-corrected chi connectivity index (χ4v) is 2.19. The first-order valence-electron chi connectivity index (χ1n) is 7.42. The fourth-order valence-electron chi connectivity index (χ4n) is 2.19. The lowest BCUT2D eigenvalue weighted by Gasteiger charge is -2.11. The van der Waals surface area contributed by atoms with Gasteiger partial charge in [-0.05, 0) is 42.2 Å². The summed E-state index contributed by atoms with van der Waals surface area (Å²) in [6.45, 7) is 2.86. The van der Waals surface area contributed by atoms with Crippen molar-refractivity contribution in [3.63, 3.8) is 0 Å². The van der Waals surface area contributed by atoms with Gasteiger partial charge < -0.3 is 15.8 Å². The molecule has 2 aromatic carbocycles. The number of anilines is 1. The standard InChI is InChI=1S/C18H23N3O.HI/c1-14(12-15-8-10-17(22-2)11-9-15)13-20-18(19)21-16-6-4-3-5-7-16;/h3-11,14H,12-13H2,1-2H3,(H3,19,20,21);1H. The van der Waals surface area contributed by atoms with Gasteiger partial charge in [0.1, 0.15) is 5.75 Å². The van der Waals surface area contributed by atoms with E-state index in [4.69, 9.17) is 10.5 Å². The number of nitrogens with zero attached hydrogens (tertiary/aromatic N) is 1. The molecule has 4 nitrogen and oxygen atoms in total. The Labute approximate surface area is 155 Å². The van der Waals surface area contributed by atoms with Crippen molar-refractivity contribution in [1.82, 2.24) is 0 Å². The summed E-state index contributed by atoms with van der Waals surface area (Å²) >= 11 is 0. The van der Waals surface area contributed by atoms with Gasteiger partial charge in [0.05, 0.1) is 7.11 Å². The molecule has 0 saturated heterocycles. The lowest BCUT2D eigenvalue weighted by Crippen LogP contribution is -2.23. The van der Waals surface area contributed by atoms with Crippen LogP contribution in [0.3, 0.4) is 0 Å². The van der Waals surface area contributed by atoms with E-state index in [0.29, 0.717) is 18.4 Å². The number of benzene rings is 2. The summed E-state index contributed by atoms with van der Waals surface area (Å²) < 4.78 is 5.16. The second-order valence-electron chi connectivity index (χ2n) is 5.37. The molecule has 1 unspecified atom stereocenters. The van der Waals surface area contributed by atoms with E-state index in [0.717, 1.165) is 17.9 Å². The highest BCUT2D eigenvalue weighted by molar-refractivity contribution is 14.0. The number of para-hydroxylation sites is 1. The molecule has 2 aromatic rings. The molecule has 0 amide bonds. The first-order chi connectivity index (χ1) is 10.7. The predicted octanol–water partition coefficient (Wildman–Crippen LogP) is 3.92. The van der Waals surface area contributed by atoms with Crippen LogP contribution in [0.15, 0.2) is 59.6 Å². The minimum absolute atomic E-state index is 0. The molecule has 0 heterocycles. The molecule has 0 fully saturated rings. The number of guanidine groups is 1. The summed E-state index contributed by atoms with van der Waals surface area (Å²) in [5.74, 6) is 1.75. The second kappa shape index (κ2) is 10.1. The van der Waals surface area contributed by atoms with Crippen LogP contribution in [0.4, 0.5) is 5.69 Å². The summed E-state index contributed by atoms with van der Waals surface area (Å²) in [6, 6.07) is 18.0. The van der Waals surface area contributed by atoms with Crippen LogP contribution in [0.1, 0.15) is 12.5 Å². The van der Waals surface area contributed by atoms with Gasteiger partial charge >= 0.3 is 0 Å². The largest absolute Gasteiger partial charge is 0.497 e. The maximum atomic E-state index is 5.91. The molecule has 0 aliphatic rings. The third kappa shape index (κ3) is 6.90. The number of rotatable bonds is 6. The average molecular weight is 425 g/mol. The molecule has 0 aliphatic carbocycles. The molecular formula is C18H24IN3O. The zero-order valence-electron chi connectivity index (χ0n) is 13.5. The van der Waals surface area contributed by atoms with Gasteiger partial charge in [-0.3, -0.25) is 4.99 Å². The molecule has 2 rings (SSSR count). The molecule has 23 heavy (non-hydrogen) atoms. The van der Waals surface area contributed by atoms with Crippen LogP contribution >= 0.6 is 24.0 Å². The smallest absolute Gasteiger partial charge is 0.193 e. The van der Waals surface area contributed by atoms with Crippen LogP contribution in [-0.4, -0.2) is 19.6 Å². The van der Waals surface area contributed by atoms with Crippen LogP contribution in [-0.2, 0) is 6.42 Å². The van der Waals surface area contributed by atoms with E-state index in [1.54, 1.807) is 7.11 Å². The molecule has 5 heteroatoms. The van der Waals surface area contributed by atoms with E-state index in [-0.39, 0.29) is 24.0 Å². The highest BCUT2D eigenvalue weighted by atomic mass is 127. The molecule has 0 bridgehead atoms. The average Bonchev–Trinajstić information content (AvgIpc) is 2.55. The summed E-state index contributed by atoms with van der Waals surface area (Å²) in [6.07, 6.45) is 0.964. The molecule has 0 spiro atoms. The third-order valence-corrected chi connectivity index (χ3v) is 3.36. The van der Waals surface area contributed by atoms with E-state index in [9.17, 15) is 0 Å². The highest BCUT2D eigenvalue weighted by Gasteiger charge is 2.04. The van der Waals surface area contributed by atoms with Crippen LogP contribution in [0.2, 0.25) is 0 Å². The number of ether oxygens (including phenoxy) is 1. The SMILES string of the molecule is COc1ccc(CC(C)CN=C(N)Nc2ccccc2)cc1.I. The number of nitrogens with two attached hydrogens (primary N) is 1. The Morgan fingerprint density at radius 1 is 1.13 bits per heavy atom. The molecule has 0 aromatic heterocycles. The lowest BCUT2D eigenvalue weighted by molar-refractivity contribution is 0.414. The van der Waals surface area contributed by atoms with E-state index in [1.165, 1.54) is 5.56 Å². The zero-order chi connectivity index (χ0) is 15.8. The third-order valence-electron chi connectivity index (χ3n) is 3.36. The normalized spacial score (nSPS) is 12.2. The van der Waals surface area contributed by atoms with Gasteiger partial charge in [-0.15, -0.1) is 24.0 Å². The second-order valence-corrected chi connectivity index (χ2v) is 5.37. The monoisotopic (exact) mass is 425 g/mol. The van der Waals surface area contributed by atoms with E-state index >= 15 is 0 Å². The predicted molar refractivity (Wildman–Crippen MR) is 108 cm³/mol. The van der Waals surface area contributed by atoms with Gasteiger partial charge in [0.25, 0.3) is 0 Å². The molecule has 1 atom stereocenters. The number of hydrogen-bond donors (Lipinski definition) is 2. The summed E-state index contributed by atoms with van der Waals surface area (Å²) in [7, 11) is 1.68. The number of methoxy groups -OCH3 is 1. The number of hydrogen-bond acceptors (Lipinski definition) is 2. The Balaban J connectivity index is 0.00000264. The van der Waals surface area contributed by atoms with Crippen molar-refractivity contribution in [2.75, 3.05) is 19.0 Å². The Morgan fingerprint density at radius 3 is 2.39 bits per heavy atom. The molecule has 0 radical (unpaired) electrons. The Kier molecular flexibility index (Phi) is 8.47. The van der Waals surface area contributed by atoms with Gasteiger partial charge in [0.15, 0.2) is 5.96 Å². The van der Waals surface area contributed by atoms with Crippen molar-refractivity contribution in [2.24, 2.45) is 16.6 Å². The van der Waals surface area contributed by atoms with Crippen molar-refractivity contribution in [3.05, 3.63) is 60.2 Å². The van der Waals surface area contributed by atoms with Crippen LogP contribution in [0.25, 0.3) is 0 Å². The van der Waals surface area contributed by atoms with Crippen molar-refractivity contribution in [1.29, 1.82) is 0 Å². The Morgan fingerprint density at radius 2 is 1.78 bits per heavy atom. The van der Waals surface area contributed by atoms with Gasteiger partial charge in [0, 0.05) is 12.2 Å². The number of aliphatic imine (C=N–C) groups is 1. The van der Waals surface area contributed by atoms with Gasteiger partial charge in [-0.25, -0.2) is 0 Å². The summed E-state index contributed by atoms with van der Waals surface area (Å²) in [4.78, 5) is 4.41. The van der Waals surface area contributed by atoms with E-state index in [1.807, 2.05) is 42.5 Å². The molecule has 3 N–H and O–H groups in total. The Hall–Kier alpha value is -1.76. The first-order valence-corrected chi connectivity index (χ1v) is 7.42. The first kappa shape index (κ1) is 19.3. The highest BCUT2D eigenvalue weighted by Crippen LogP contribution is 2.14. The number of nitrogens with one attached hydrogen (secondary N) is 1. The maximum absolute atomic E-state index is 5.91. The van der Waals surface area contributed by atoms with Crippen molar-refractivity contribution in [2.45, 2.75) is 13.3 Å². The Bertz CT molecular complexity index is 599. The van der Waals surface area contributed by atoms with Gasteiger partial charge in [-0.1, -0.05) is 37.3 Å². The molecule has 0 saturated carbocycles. The van der Waals surface area contributed by atoms with Gasteiger partial charge in [0.2, 0.25) is 0 Å². The minimum Gasteiger partial charge on any atom is -0.497 e. The van der Waals surface area contributed by atoms with Crippen LogP contribution in [0.5, 0.6) is 5.75 Å². The van der Waals surface area contributed by atoms with E-state index in [2.05, 4.69) is 29.4 Å². The van der Waals surface area contributed by atoms with Gasteiger partial charge in [-0.2, -0.15) is 0 Å². The summed E-state index contributed by atoms with van der Waals surface area (Å²) in [5.41, 5.74) is 8.13. The van der Waals surface area contributed by atoms with Crippen molar-refractivity contribution in [3.8, 4) is 5.75 Å². The summed E-state index contributed by atoms with van der Waals surface area (Å²) in [5, 5.41) is 3.09. The van der Waals surface area contributed by atoms with E-state index < -0.39 is 0 Å². The fraction of sp³-hybridized carbons (Fsp3) is 0.278. The van der Waals surface area contributed by atoms with Crippen molar-refractivity contribution >= 4 is 35.6 Å². The molecular weight excluding hydrogens is 401 g/mol. The minimum atomic E-state index is 0. The van der Waals surface area contributed by atoms with Crippen LogP contribution < -0.4 is 15.8 Å². The molecule has 0 aliphatic heterocycles. The lowest BCUT2D eigenvalue weighted by atomic mass is 10.0. The number of halogens is 1. The zero-order valence-corrected chi connectivity index (χ0v) is 15.9. The quantitative estimate of drug-likeness (QED) is 0.419.